The fourth-order valence-corrected chi connectivity index (χ4v) is 6.66. The Balaban J connectivity index is 1.04. The van der Waals surface area contributed by atoms with Crippen molar-refractivity contribution in [2.24, 2.45) is 0 Å². The van der Waals surface area contributed by atoms with E-state index < -0.39 is 44.3 Å². The van der Waals surface area contributed by atoms with E-state index in [2.05, 4.69) is 5.32 Å². The highest BCUT2D eigenvalue weighted by molar-refractivity contribution is 7.85. The van der Waals surface area contributed by atoms with Crippen molar-refractivity contribution in [2.75, 3.05) is 37.7 Å². The summed E-state index contributed by atoms with van der Waals surface area (Å²) in [5.41, 5.74) is 0.0897. The van der Waals surface area contributed by atoms with E-state index in [-0.39, 0.29) is 71.3 Å². The van der Waals surface area contributed by atoms with Crippen LogP contribution in [-0.2, 0) is 10.8 Å². The Bertz CT molecular complexity index is 2030. The predicted molar refractivity (Wildman–Crippen MR) is 163 cm³/mol. The van der Waals surface area contributed by atoms with Gasteiger partial charge in [-0.2, -0.15) is 0 Å². The highest BCUT2D eigenvalue weighted by Crippen LogP contribution is 2.34. The van der Waals surface area contributed by atoms with Crippen LogP contribution in [0.2, 0.25) is 0 Å². The van der Waals surface area contributed by atoms with Gasteiger partial charge >= 0.3 is 0 Å². The van der Waals surface area contributed by atoms with E-state index >= 15 is 0 Å². The summed E-state index contributed by atoms with van der Waals surface area (Å²) >= 11 is 0. The maximum atomic E-state index is 13.2. The van der Waals surface area contributed by atoms with Gasteiger partial charge < -0.3 is 5.32 Å². The van der Waals surface area contributed by atoms with E-state index in [0.717, 1.165) is 15.9 Å². The Morgan fingerprint density at radius 3 is 1.58 bits per heavy atom. The molecule has 0 aliphatic carbocycles. The average molecular weight is 630 g/mol. The molecule has 15 heteroatoms. The molecule has 0 aromatic heterocycles. The van der Waals surface area contributed by atoms with Gasteiger partial charge in [-0.3, -0.25) is 53.4 Å². The normalized spacial score (nSPS) is 14.8. The Labute approximate surface area is 256 Å². The summed E-state index contributed by atoms with van der Waals surface area (Å²) in [6, 6.07) is 14.4. The van der Waals surface area contributed by atoms with Crippen molar-refractivity contribution in [2.45, 2.75) is 0 Å². The maximum absolute atomic E-state index is 13.2. The molecular weight excluding hydrogens is 606 g/mol. The molecular formula is C30H23N5O9S. The van der Waals surface area contributed by atoms with Crippen LogP contribution in [-0.4, -0.2) is 85.2 Å². The lowest BCUT2D eigenvalue weighted by molar-refractivity contribution is -0.384. The van der Waals surface area contributed by atoms with E-state index in [1.54, 1.807) is 36.4 Å². The largest absolute Gasteiger partial charge is 0.314 e. The van der Waals surface area contributed by atoms with Crippen LogP contribution in [0.1, 0.15) is 41.4 Å². The van der Waals surface area contributed by atoms with Gasteiger partial charge in [0.1, 0.15) is 0 Å². The molecule has 6 rings (SSSR count). The van der Waals surface area contributed by atoms with Crippen molar-refractivity contribution in [3.63, 3.8) is 0 Å². The van der Waals surface area contributed by atoms with Gasteiger partial charge in [0.2, 0.25) is 0 Å². The second-order valence-electron chi connectivity index (χ2n) is 10.4. The Kier molecular flexibility index (Phi) is 7.64. The minimum Gasteiger partial charge on any atom is -0.314 e. The van der Waals surface area contributed by atoms with Gasteiger partial charge in [0, 0.05) is 94.6 Å². The summed E-state index contributed by atoms with van der Waals surface area (Å²) in [5, 5.41) is 27.3. The summed E-state index contributed by atoms with van der Waals surface area (Å²) in [6.45, 7) is 0.210. The fraction of sp³-hybridized carbons (Fsp3) is 0.200. The van der Waals surface area contributed by atoms with Crippen molar-refractivity contribution in [1.82, 2.24) is 15.1 Å². The molecule has 0 saturated heterocycles. The number of nitro groups is 2. The minimum atomic E-state index is -1.46. The number of rotatable bonds is 11. The van der Waals surface area contributed by atoms with Gasteiger partial charge in [0.25, 0.3) is 35.0 Å². The molecule has 1 N–H and O–H groups in total. The second kappa shape index (κ2) is 11.6. The first-order valence-corrected chi connectivity index (χ1v) is 15.3. The molecule has 2 aliphatic heterocycles. The number of nitrogens with one attached hydrogen (secondary N) is 1. The molecule has 14 nitrogen and oxygen atoms in total. The summed E-state index contributed by atoms with van der Waals surface area (Å²) in [5.74, 6) is -2.31. The van der Waals surface area contributed by atoms with E-state index in [1.807, 2.05) is 0 Å². The molecule has 4 aromatic carbocycles. The van der Waals surface area contributed by atoms with Crippen LogP contribution in [0.5, 0.6) is 0 Å². The molecule has 0 radical (unpaired) electrons. The number of nitrogens with zero attached hydrogens (tertiary/aromatic N) is 4. The van der Waals surface area contributed by atoms with Crippen LogP contribution < -0.4 is 5.32 Å². The number of carbonyl (C=O) groups is 4. The van der Waals surface area contributed by atoms with E-state index in [1.165, 1.54) is 18.2 Å². The van der Waals surface area contributed by atoms with E-state index in [4.69, 9.17) is 0 Å². The molecule has 0 saturated carbocycles. The van der Waals surface area contributed by atoms with Crippen molar-refractivity contribution >= 4 is 67.3 Å². The molecule has 4 aromatic rings. The van der Waals surface area contributed by atoms with Crippen LogP contribution in [0.15, 0.2) is 60.7 Å². The number of carbonyl (C=O) groups excluding carboxylic acids is 4. The van der Waals surface area contributed by atoms with Crippen LogP contribution in [0.3, 0.4) is 0 Å². The smallest absolute Gasteiger partial charge is 0.270 e. The average Bonchev–Trinajstić information content (AvgIpc) is 3.02. The standard InChI is InChI=1S/C30H23N5O9S/c36-27-21-5-1-3-17-13-19(34(40)41)15-23(25(17)21)29(38)32(27)9-7-31-8-11-45(44)12-10-33-28(37)22-6-2-4-18-14-20(35(42)43)16-24(26(18)22)30(33)39/h1-6,13-16,31H,7-12H2. The highest BCUT2D eigenvalue weighted by Gasteiger charge is 2.35. The van der Waals surface area contributed by atoms with Crippen LogP contribution in [0.25, 0.3) is 21.5 Å². The lowest BCUT2D eigenvalue weighted by atomic mass is 9.93. The van der Waals surface area contributed by atoms with Crippen molar-refractivity contribution < 1.29 is 33.2 Å². The lowest BCUT2D eigenvalue weighted by Crippen LogP contribution is -2.44. The van der Waals surface area contributed by atoms with Crippen molar-refractivity contribution in [1.29, 1.82) is 0 Å². The second-order valence-corrected chi connectivity index (χ2v) is 12.1. The molecule has 2 aliphatic rings. The number of benzene rings is 4. The van der Waals surface area contributed by atoms with Crippen molar-refractivity contribution in [3.8, 4) is 0 Å². The van der Waals surface area contributed by atoms with Crippen LogP contribution in [0, 0.1) is 20.2 Å². The molecule has 45 heavy (non-hydrogen) atoms. The van der Waals surface area contributed by atoms with Gasteiger partial charge in [-0.1, -0.05) is 24.3 Å². The van der Waals surface area contributed by atoms with E-state index in [9.17, 15) is 43.6 Å². The molecule has 1 atom stereocenters. The first kappa shape index (κ1) is 29.7. The number of imide groups is 2. The monoisotopic (exact) mass is 629 g/mol. The molecule has 2 heterocycles. The van der Waals surface area contributed by atoms with Gasteiger partial charge in [-0.25, -0.2) is 0 Å². The van der Waals surface area contributed by atoms with Gasteiger partial charge in [0.15, 0.2) is 0 Å². The first-order chi connectivity index (χ1) is 21.6. The summed E-state index contributed by atoms with van der Waals surface area (Å²) < 4.78 is 12.7. The number of hydrogen-bond acceptors (Lipinski definition) is 10. The molecule has 4 amide bonds. The van der Waals surface area contributed by atoms with Crippen molar-refractivity contribution in [3.05, 3.63) is 103 Å². The zero-order valence-electron chi connectivity index (χ0n) is 23.4. The fourth-order valence-electron chi connectivity index (χ4n) is 5.70. The molecule has 1 unspecified atom stereocenters. The third-order valence-corrected chi connectivity index (χ3v) is 9.11. The number of nitro benzene ring substituents is 2. The Morgan fingerprint density at radius 1 is 0.622 bits per heavy atom. The quantitative estimate of drug-likeness (QED) is 0.112. The Morgan fingerprint density at radius 2 is 1.09 bits per heavy atom. The highest BCUT2D eigenvalue weighted by atomic mass is 32.2. The maximum Gasteiger partial charge on any atom is 0.270 e. The zero-order chi connectivity index (χ0) is 32.0. The summed E-state index contributed by atoms with van der Waals surface area (Å²) in [6.07, 6.45) is 0. The number of hydrogen-bond donors (Lipinski definition) is 1. The zero-order valence-corrected chi connectivity index (χ0v) is 24.2. The van der Waals surface area contributed by atoms with Gasteiger partial charge in [0.05, 0.1) is 21.0 Å². The first-order valence-electron chi connectivity index (χ1n) is 13.8. The van der Waals surface area contributed by atoms with Crippen LogP contribution in [0.4, 0.5) is 11.4 Å². The number of amides is 4. The Hall–Kier alpha value is -5.41. The predicted octanol–water partition coefficient (Wildman–Crippen LogP) is 3.04. The third kappa shape index (κ3) is 5.21. The SMILES string of the molecule is O=C1c2cccc3cc([N+](=O)[O-])cc(c23)C(=O)N1CCNCCS(=O)CCN1C(=O)c2cccc3cc([N+](=O)[O-])cc(c23)C1=O. The summed E-state index contributed by atoms with van der Waals surface area (Å²) in [7, 11) is -1.46. The summed E-state index contributed by atoms with van der Waals surface area (Å²) in [4.78, 5) is 76.0. The number of non-ortho nitro benzene ring substituents is 2. The minimum absolute atomic E-state index is 0.0257. The van der Waals surface area contributed by atoms with Gasteiger partial charge in [-0.15, -0.1) is 0 Å². The van der Waals surface area contributed by atoms with Crippen LogP contribution >= 0.6 is 0 Å². The molecule has 0 bridgehead atoms. The molecule has 0 spiro atoms. The third-order valence-electron chi connectivity index (χ3n) is 7.81. The topological polar surface area (TPSA) is 190 Å². The lowest BCUT2D eigenvalue weighted by Gasteiger charge is -2.27. The molecule has 228 valence electrons. The van der Waals surface area contributed by atoms with E-state index in [0.29, 0.717) is 21.5 Å². The molecule has 0 fully saturated rings. The van der Waals surface area contributed by atoms with Gasteiger partial charge in [-0.05, 0) is 22.9 Å².